The summed E-state index contributed by atoms with van der Waals surface area (Å²) in [5.74, 6) is -0.125. The molecular weight excluding hydrogens is 328 g/mol. The van der Waals surface area contributed by atoms with Crippen LogP contribution in [0, 0.1) is 0 Å². The molecule has 128 valence electrons. The van der Waals surface area contributed by atoms with Crippen molar-refractivity contribution >= 4 is 21.6 Å². The summed E-state index contributed by atoms with van der Waals surface area (Å²) in [6.07, 6.45) is 3.75. The van der Waals surface area contributed by atoms with Gasteiger partial charge in [-0.1, -0.05) is 12.1 Å². The van der Waals surface area contributed by atoms with Gasteiger partial charge in [0.15, 0.2) is 0 Å². The second kappa shape index (κ2) is 6.37. The van der Waals surface area contributed by atoms with E-state index < -0.39 is 10.0 Å². The first-order chi connectivity index (χ1) is 11.4. The summed E-state index contributed by atoms with van der Waals surface area (Å²) >= 11 is 0. The van der Waals surface area contributed by atoms with Crippen molar-refractivity contribution in [3.8, 4) is 0 Å². The molecule has 0 unspecified atom stereocenters. The van der Waals surface area contributed by atoms with Crippen LogP contribution in [0.1, 0.15) is 28.4 Å². The molecule has 0 saturated carbocycles. The van der Waals surface area contributed by atoms with E-state index in [0.717, 1.165) is 16.8 Å². The van der Waals surface area contributed by atoms with E-state index in [4.69, 9.17) is 0 Å². The zero-order valence-electron chi connectivity index (χ0n) is 13.7. The Morgan fingerprint density at radius 1 is 1.38 bits per heavy atom. The van der Waals surface area contributed by atoms with Crippen molar-refractivity contribution < 1.29 is 13.2 Å². The second-order valence-corrected chi connectivity index (χ2v) is 8.04. The summed E-state index contributed by atoms with van der Waals surface area (Å²) in [5.41, 5.74) is 3.15. The fourth-order valence-corrected chi connectivity index (χ4v) is 3.92. The van der Waals surface area contributed by atoms with E-state index in [0.29, 0.717) is 25.1 Å². The third-order valence-corrected chi connectivity index (χ3v) is 6.03. The molecule has 1 aliphatic rings. The van der Waals surface area contributed by atoms with Crippen LogP contribution in [0.15, 0.2) is 30.6 Å². The molecule has 2 heterocycles. The number of fused-ring (bicyclic) bond motifs is 1. The van der Waals surface area contributed by atoms with E-state index in [1.165, 1.54) is 10.5 Å². The Balaban J connectivity index is 1.83. The predicted molar refractivity (Wildman–Crippen MR) is 91.2 cm³/mol. The maximum absolute atomic E-state index is 12.3. The highest BCUT2D eigenvalue weighted by molar-refractivity contribution is 7.89. The number of benzene rings is 1. The SMILES string of the molecule is CCS(=O)(=O)N1CCc2c(cccc2NC(=O)c2cnn(C)c2)C1. The Bertz CT molecular complexity index is 873. The highest BCUT2D eigenvalue weighted by Crippen LogP contribution is 2.28. The van der Waals surface area contributed by atoms with Crippen molar-refractivity contribution in [2.75, 3.05) is 17.6 Å². The molecule has 24 heavy (non-hydrogen) atoms. The minimum absolute atomic E-state index is 0.0970. The van der Waals surface area contributed by atoms with Gasteiger partial charge in [-0.15, -0.1) is 0 Å². The van der Waals surface area contributed by atoms with Gasteiger partial charge in [0.25, 0.3) is 5.91 Å². The molecule has 0 radical (unpaired) electrons. The van der Waals surface area contributed by atoms with Gasteiger partial charge in [-0.3, -0.25) is 9.48 Å². The highest BCUT2D eigenvalue weighted by atomic mass is 32.2. The Kier molecular flexibility index (Phi) is 4.42. The van der Waals surface area contributed by atoms with Gasteiger partial charge in [-0.2, -0.15) is 9.40 Å². The van der Waals surface area contributed by atoms with Crippen molar-refractivity contribution in [2.24, 2.45) is 7.05 Å². The van der Waals surface area contributed by atoms with Crippen molar-refractivity contribution in [1.82, 2.24) is 14.1 Å². The van der Waals surface area contributed by atoms with Crippen LogP contribution in [-0.2, 0) is 30.0 Å². The topological polar surface area (TPSA) is 84.3 Å². The molecule has 1 aromatic carbocycles. The number of carbonyl (C=O) groups excluding carboxylic acids is 1. The maximum atomic E-state index is 12.3. The van der Waals surface area contributed by atoms with E-state index in [9.17, 15) is 13.2 Å². The second-order valence-electron chi connectivity index (χ2n) is 5.78. The first-order valence-corrected chi connectivity index (χ1v) is 9.40. The molecule has 0 bridgehead atoms. The Labute approximate surface area is 141 Å². The van der Waals surface area contributed by atoms with E-state index >= 15 is 0 Å². The largest absolute Gasteiger partial charge is 0.322 e. The molecule has 0 saturated heterocycles. The third kappa shape index (κ3) is 3.20. The van der Waals surface area contributed by atoms with Gasteiger partial charge in [0, 0.05) is 32.0 Å². The Morgan fingerprint density at radius 2 is 2.17 bits per heavy atom. The van der Waals surface area contributed by atoms with Gasteiger partial charge < -0.3 is 5.32 Å². The molecule has 8 heteroatoms. The summed E-state index contributed by atoms with van der Waals surface area (Å²) in [6.45, 7) is 2.43. The first-order valence-electron chi connectivity index (χ1n) is 7.79. The molecule has 1 N–H and O–H groups in total. The first kappa shape index (κ1) is 16.7. The normalized spacial score (nSPS) is 15.1. The molecule has 0 fully saturated rings. The number of rotatable bonds is 4. The molecule has 3 rings (SSSR count). The quantitative estimate of drug-likeness (QED) is 0.905. The number of aromatic nitrogens is 2. The van der Waals surface area contributed by atoms with Crippen molar-refractivity contribution in [2.45, 2.75) is 19.9 Å². The van der Waals surface area contributed by atoms with Crippen LogP contribution in [-0.4, -0.2) is 40.7 Å². The maximum Gasteiger partial charge on any atom is 0.258 e. The predicted octanol–water partition coefficient (Wildman–Crippen LogP) is 1.38. The number of carbonyl (C=O) groups is 1. The third-order valence-electron chi connectivity index (χ3n) is 4.20. The van der Waals surface area contributed by atoms with Crippen molar-refractivity contribution in [1.29, 1.82) is 0 Å². The molecule has 0 atom stereocenters. The van der Waals surface area contributed by atoms with Gasteiger partial charge in [0.1, 0.15) is 0 Å². The number of sulfonamides is 1. The van der Waals surface area contributed by atoms with Gasteiger partial charge in [-0.05, 0) is 30.5 Å². The molecule has 1 amide bonds. The summed E-state index contributed by atoms with van der Waals surface area (Å²) in [5, 5.41) is 6.90. The summed E-state index contributed by atoms with van der Waals surface area (Å²) < 4.78 is 27.2. The van der Waals surface area contributed by atoms with E-state index in [1.807, 2.05) is 18.2 Å². The molecule has 0 aliphatic carbocycles. The minimum Gasteiger partial charge on any atom is -0.322 e. The van der Waals surface area contributed by atoms with E-state index in [2.05, 4.69) is 10.4 Å². The van der Waals surface area contributed by atoms with E-state index in [1.54, 1.807) is 24.9 Å². The zero-order valence-corrected chi connectivity index (χ0v) is 14.5. The fourth-order valence-electron chi connectivity index (χ4n) is 2.85. The standard InChI is InChI=1S/C16H20N4O3S/c1-3-24(22,23)20-8-7-14-12(11-20)5-4-6-15(14)18-16(21)13-9-17-19(2)10-13/h4-6,9-10H,3,7-8,11H2,1-2H3,(H,18,21). The molecular formula is C16H20N4O3S. The van der Waals surface area contributed by atoms with Crippen LogP contribution in [0.4, 0.5) is 5.69 Å². The van der Waals surface area contributed by atoms with Crippen LogP contribution >= 0.6 is 0 Å². The molecule has 0 spiro atoms. The van der Waals surface area contributed by atoms with Gasteiger partial charge in [0.05, 0.1) is 17.5 Å². The van der Waals surface area contributed by atoms with Crippen molar-refractivity contribution in [3.63, 3.8) is 0 Å². The summed E-state index contributed by atoms with van der Waals surface area (Å²) in [7, 11) is -1.45. The molecule has 7 nitrogen and oxygen atoms in total. The fraction of sp³-hybridized carbons (Fsp3) is 0.375. The van der Waals surface area contributed by atoms with E-state index in [-0.39, 0.29) is 11.7 Å². The lowest BCUT2D eigenvalue weighted by atomic mass is 9.99. The number of anilines is 1. The van der Waals surface area contributed by atoms with Crippen LogP contribution in [0.5, 0.6) is 0 Å². The lowest BCUT2D eigenvalue weighted by molar-refractivity contribution is 0.102. The van der Waals surface area contributed by atoms with Gasteiger partial charge in [-0.25, -0.2) is 8.42 Å². The number of aryl methyl sites for hydroxylation is 1. The monoisotopic (exact) mass is 348 g/mol. The van der Waals surface area contributed by atoms with Crippen LogP contribution in [0.3, 0.4) is 0 Å². The minimum atomic E-state index is -3.21. The highest BCUT2D eigenvalue weighted by Gasteiger charge is 2.26. The van der Waals surface area contributed by atoms with Crippen LogP contribution < -0.4 is 5.32 Å². The van der Waals surface area contributed by atoms with Crippen molar-refractivity contribution in [3.05, 3.63) is 47.3 Å². The average molecular weight is 348 g/mol. The summed E-state index contributed by atoms with van der Waals surface area (Å²) in [4.78, 5) is 12.3. The smallest absolute Gasteiger partial charge is 0.258 e. The van der Waals surface area contributed by atoms with Gasteiger partial charge >= 0.3 is 0 Å². The number of nitrogens with zero attached hydrogens (tertiary/aromatic N) is 3. The number of hydrogen-bond acceptors (Lipinski definition) is 4. The van der Waals surface area contributed by atoms with Gasteiger partial charge in [0.2, 0.25) is 10.0 Å². The molecule has 2 aromatic rings. The summed E-state index contributed by atoms with van der Waals surface area (Å²) in [6, 6.07) is 5.59. The lowest BCUT2D eigenvalue weighted by Crippen LogP contribution is -2.37. The lowest BCUT2D eigenvalue weighted by Gasteiger charge is -2.29. The average Bonchev–Trinajstić information content (AvgIpc) is 3.01. The number of hydrogen-bond donors (Lipinski definition) is 1. The number of amides is 1. The van der Waals surface area contributed by atoms with Crippen LogP contribution in [0.2, 0.25) is 0 Å². The Hall–Kier alpha value is -2.19. The number of nitrogens with one attached hydrogen (secondary N) is 1. The molecule has 1 aliphatic heterocycles. The molecule has 1 aromatic heterocycles. The Morgan fingerprint density at radius 3 is 2.83 bits per heavy atom. The zero-order chi connectivity index (χ0) is 17.3. The van der Waals surface area contributed by atoms with Crippen LogP contribution in [0.25, 0.3) is 0 Å².